The number of aromatic nitrogens is 2. The van der Waals surface area contributed by atoms with Gasteiger partial charge >= 0.3 is 5.97 Å². The molecule has 0 fully saturated rings. The number of anilines is 1. The molecule has 2 rings (SSSR count). The van der Waals surface area contributed by atoms with Crippen molar-refractivity contribution in [2.24, 2.45) is 0 Å². The minimum Gasteiger partial charge on any atom is -0.451 e. The third-order valence-electron chi connectivity index (χ3n) is 3.38. The van der Waals surface area contributed by atoms with Crippen LogP contribution in [-0.2, 0) is 20.9 Å². The first-order valence-corrected chi connectivity index (χ1v) is 7.43. The van der Waals surface area contributed by atoms with Gasteiger partial charge in [0.1, 0.15) is 6.54 Å². The minimum absolute atomic E-state index is 0.0121. The number of hydrogen-bond acceptors (Lipinski definition) is 4. The van der Waals surface area contributed by atoms with Crippen molar-refractivity contribution in [1.82, 2.24) is 9.78 Å². The number of aryl methyl sites for hydroxylation is 3. The highest BCUT2D eigenvalue weighted by Gasteiger charge is 2.18. The van der Waals surface area contributed by atoms with Crippen LogP contribution >= 0.6 is 0 Å². The lowest BCUT2D eigenvalue weighted by Gasteiger charge is -2.14. The Labute approximate surface area is 135 Å². The first kappa shape index (κ1) is 16.7. The van der Waals surface area contributed by atoms with E-state index in [0.717, 1.165) is 17.0 Å². The van der Waals surface area contributed by atoms with Crippen LogP contribution in [-0.4, -0.2) is 27.8 Å². The van der Waals surface area contributed by atoms with Gasteiger partial charge in [-0.3, -0.25) is 14.3 Å². The Balaban J connectivity index is 1.88. The topological polar surface area (TPSA) is 73.2 Å². The molecule has 0 saturated carbocycles. The number of nitrogens with zero attached hydrogens (tertiary/aromatic N) is 2. The molecule has 1 amide bonds. The minimum atomic E-state index is -0.874. The average molecular weight is 315 g/mol. The number of benzene rings is 1. The zero-order valence-corrected chi connectivity index (χ0v) is 13.8. The maximum Gasteiger partial charge on any atom is 0.328 e. The van der Waals surface area contributed by atoms with Gasteiger partial charge in [0.05, 0.1) is 5.69 Å². The maximum absolute atomic E-state index is 12.0. The van der Waals surface area contributed by atoms with Crippen molar-refractivity contribution < 1.29 is 14.3 Å². The van der Waals surface area contributed by atoms with Gasteiger partial charge in [0.15, 0.2) is 6.10 Å². The van der Waals surface area contributed by atoms with Crippen molar-refractivity contribution in [2.75, 3.05) is 5.32 Å². The quantitative estimate of drug-likeness (QED) is 0.860. The smallest absolute Gasteiger partial charge is 0.328 e. The Morgan fingerprint density at radius 2 is 1.87 bits per heavy atom. The maximum atomic E-state index is 12.0. The van der Waals surface area contributed by atoms with Crippen molar-refractivity contribution >= 4 is 17.6 Å². The summed E-state index contributed by atoms with van der Waals surface area (Å²) in [7, 11) is 0. The fourth-order valence-corrected chi connectivity index (χ4v) is 2.13. The zero-order chi connectivity index (χ0) is 17.0. The third-order valence-corrected chi connectivity index (χ3v) is 3.38. The van der Waals surface area contributed by atoms with Crippen molar-refractivity contribution in [3.8, 4) is 0 Å². The number of carbonyl (C=O) groups is 2. The Morgan fingerprint density at radius 1 is 1.22 bits per heavy atom. The molecule has 0 bridgehead atoms. The van der Waals surface area contributed by atoms with Gasteiger partial charge in [0, 0.05) is 11.4 Å². The van der Waals surface area contributed by atoms with Gasteiger partial charge in [-0.1, -0.05) is 17.7 Å². The second kappa shape index (κ2) is 7.09. The van der Waals surface area contributed by atoms with Crippen LogP contribution in [0.4, 0.5) is 5.69 Å². The molecule has 1 atom stereocenters. The SMILES string of the molecule is Cc1ccc(NC(=O)[C@@H](C)OC(=O)Cn2nc(C)cc2C)cc1. The van der Waals surface area contributed by atoms with Gasteiger partial charge in [0.25, 0.3) is 5.91 Å². The van der Waals surface area contributed by atoms with Crippen LogP contribution in [0.25, 0.3) is 0 Å². The second-order valence-electron chi connectivity index (χ2n) is 5.57. The Bertz CT molecular complexity index is 704. The van der Waals surface area contributed by atoms with Gasteiger partial charge < -0.3 is 10.1 Å². The van der Waals surface area contributed by atoms with Crippen LogP contribution in [0.1, 0.15) is 23.9 Å². The number of esters is 1. The summed E-state index contributed by atoms with van der Waals surface area (Å²) in [6.45, 7) is 7.22. The molecule has 0 aliphatic carbocycles. The molecule has 122 valence electrons. The predicted octanol–water partition coefficient (Wildman–Crippen LogP) is 2.38. The van der Waals surface area contributed by atoms with Crippen molar-refractivity contribution in [1.29, 1.82) is 0 Å². The van der Waals surface area contributed by atoms with E-state index in [4.69, 9.17) is 4.74 Å². The molecular weight excluding hydrogens is 294 g/mol. The number of carbonyl (C=O) groups excluding carboxylic acids is 2. The van der Waals surface area contributed by atoms with Crippen molar-refractivity contribution in [3.63, 3.8) is 0 Å². The first-order chi connectivity index (χ1) is 10.8. The Hall–Kier alpha value is -2.63. The lowest BCUT2D eigenvalue weighted by molar-refractivity contribution is -0.154. The number of nitrogens with one attached hydrogen (secondary N) is 1. The third kappa shape index (κ3) is 4.67. The van der Waals surface area contributed by atoms with Crippen LogP contribution in [0.15, 0.2) is 30.3 Å². The molecular formula is C17H21N3O3. The van der Waals surface area contributed by atoms with Crippen LogP contribution in [0, 0.1) is 20.8 Å². The molecule has 0 saturated heterocycles. The largest absolute Gasteiger partial charge is 0.451 e. The summed E-state index contributed by atoms with van der Waals surface area (Å²) in [6.07, 6.45) is -0.874. The van der Waals surface area contributed by atoms with Crippen molar-refractivity contribution in [3.05, 3.63) is 47.3 Å². The van der Waals surface area contributed by atoms with Crippen LogP contribution in [0.5, 0.6) is 0 Å². The zero-order valence-electron chi connectivity index (χ0n) is 13.8. The molecule has 1 N–H and O–H groups in total. The normalized spacial score (nSPS) is 11.8. The monoisotopic (exact) mass is 315 g/mol. The van der Waals surface area contributed by atoms with Crippen LogP contribution < -0.4 is 5.32 Å². The summed E-state index contributed by atoms with van der Waals surface area (Å²) in [5, 5.41) is 6.91. The Kier molecular flexibility index (Phi) is 5.16. The van der Waals surface area contributed by atoms with E-state index in [9.17, 15) is 9.59 Å². The number of hydrogen-bond donors (Lipinski definition) is 1. The predicted molar refractivity (Wildman–Crippen MR) is 87.1 cm³/mol. The molecule has 0 unspecified atom stereocenters. The van der Waals surface area contributed by atoms with E-state index in [1.807, 2.05) is 39.0 Å². The molecule has 6 nitrogen and oxygen atoms in total. The fourth-order valence-electron chi connectivity index (χ4n) is 2.13. The molecule has 23 heavy (non-hydrogen) atoms. The summed E-state index contributed by atoms with van der Waals surface area (Å²) in [5.41, 5.74) is 3.48. The molecule has 6 heteroatoms. The van der Waals surface area contributed by atoms with E-state index >= 15 is 0 Å². The lowest BCUT2D eigenvalue weighted by Crippen LogP contribution is -2.31. The molecule has 1 aromatic carbocycles. The van der Waals surface area contributed by atoms with Crippen LogP contribution in [0.2, 0.25) is 0 Å². The summed E-state index contributed by atoms with van der Waals surface area (Å²) in [5.74, 6) is -0.863. The van der Waals surface area contributed by atoms with Gasteiger partial charge in [0.2, 0.25) is 0 Å². The standard InChI is InChI=1S/C17H21N3O3/c1-11-5-7-15(8-6-11)18-17(22)14(4)23-16(21)10-20-13(3)9-12(2)19-20/h5-9,14H,10H2,1-4H3,(H,18,22)/t14-/m1/s1. The molecule has 0 aliphatic rings. The summed E-state index contributed by atoms with van der Waals surface area (Å²) >= 11 is 0. The Morgan fingerprint density at radius 3 is 2.43 bits per heavy atom. The molecule has 0 aliphatic heterocycles. The van der Waals surface area contributed by atoms with Gasteiger partial charge in [-0.2, -0.15) is 5.10 Å². The highest BCUT2D eigenvalue weighted by molar-refractivity contribution is 5.95. The summed E-state index contributed by atoms with van der Waals surface area (Å²) in [6, 6.07) is 9.28. The van der Waals surface area contributed by atoms with Gasteiger partial charge in [-0.15, -0.1) is 0 Å². The fraction of sp³-hybridized carbons (Fsp3) is 0.353. The van der Waals surface area contributed by atoms with Crippen molar-refractivity contribution in [2.45, 2.75) is 40.3 Å². The second-order valence-corrected chi connectivity index (χ2v) is 5.57. The average Bonchev–Trinajstić information content (AvgIpc) is 2.79. The number of ether oxygens (including phenoxy) is 1. The summed E-state index contributed by atoms with van der Waals surface area (Å²) < 4.78 is 6.72. The molecule has 0 spiro atoms. The van der Waals surface area contributed by atoms with E-state index < -0.39 is 12.1 Å². The highest BCUT2D eigenvalue weighted by Crippen LogP contribution is 2.10. The molecule has 2 aromatic rings. The molecule has 1 aromatic heterocycles. The molecule has 0 radical (unpaired) electrons. The van der Waals surface area contributed by atoms with E-state index in [0.29, 0.717) is 5.69 Å². The molecule has 1 heterocycles. The van der Waals surface area contributed by atoms with E-state index in [2.05, 4.69) is 10.4 Å². The first-order valence-electron chi connectivity index (χ1n) is 7.43. The van der Waals surface area contributed by atoms with E-state index in [-0.39, 0.29) is 12.5 Å². The van der Waals surface area contributed by atoms with E-state index in [1.54, 1.807) is 23.7 Å². The lowest BCUT2D eigenvalue weighted by atomic mass is 10.2. The number of rotatable bonds is 5. The van der Waals surface area contributed by atoms with Crippen LogP contribution in [0.3, 0.4) is 0 Å². The number of amides is 1. The summed E-state index contributed by atoms with van der Waals surface area (Å²) in [4.78, 5) is 24.0. The highest BCUT2D eigenvalue weighted by atomic mass is 16.5. The van der Waals surface area contributed by atoms with Gasteiger partial charge in [-0.25, -0.2) is 0 Å². The van der Waals surface area contributed by atoms with Gasteiger partial charge in [-0.05, 0) is 45.9 Å². The van der Waals surface area contributed by atoms with E-state index in [1.165, 1.54) is 0 Å².